The van der Waals surface area contributed by atoms with Crippen molar-refractivity contribution in [1.82, 2.24) is 14.7 Å². The number of benzene rings is 1. The third-order valence-electron chi connectivity index (χ3n) is 6.28. The molecule has 4 amide bonds. The molecule has 0 aromatic heterocycles. The highest BCUT2D eigenvalue weighted by Gasteiger charge is 2.58. The highest BCUT2D eigenvalue weighted by Crippen LogP contribution is 2.40. The fraction of sp³-hybridized carbons (Fsp3) is 0.591. The number of amides is 4. The number of hydrogen-bond donors (Lipinski definition) is 0. The van der Waals surface area contributed by atoms with Crippen molar-refractivity contribution >= 4 is 17.8 Å². The molecule has 29 heavy (non-hydrogen) atoms. The van der Waals surface area contributed by atoms with E-state index in [2.05, 4.69) is 0 Å². The lowest BCUT2D eigenvalue weighted by atomic mass is 9.85. The van der Waals surface area contributed by atoms with Gasteiger partial charge in [-0.25, -0.2) is 9.18 Å². The van der Waals surface area contributed by atoms with Gasteiger partial charge in [-0.05, 0) is 61.8 Å². The van der Waals surface area contributed by atoms with Crippen LogP contribution < -0.4 is 0 Å². The van der Waals surface area contributed by atoms with Crippen molar-refractivity contribution in [1.29, 1.82) is 0 Å². The Morgan fingerprint density at radius 2 is 1.76 bits per heavy atom. The molecule has 6 nitrogen and oxygen atoms in total. The maximum atomic E-state index is 13.4. The molecule has 1 saturated carbocycles. The van der Waals surface area contributed by atoms with E-state index < -0.39 is 5.54 Å². The van der Waals surface area contributed by atoms with Gasteiger partial charge < -0.3 is 9.80 Å². The van der Waals surface area contributed by atoms with Gasteiger partial charge in [0.1, 0.15) is 11.4 Å². The van der Waals surface area contributed by atoms with E-state index in [-0.39, 0.29) is 29.6 Å². The number of halogens is 1. The molecule has 3 fully saturated rings. The summed E-state index contributed by atoms with van der Waals surface area (Å²) in [6.07, 6.45) is 3.04. The van der Waals surface area contributed by atoms with Crippen LogP contribution in [0.2, 0.25) is 0 Å². The average molecular weight is 401 g/mol. The van der Waals surface area contributed by atoms with Crippen molar-refractivity contribution in [3.05, 3.63) is 35.6 Å². The molecule has 0 bridgehead atoms. The quantitative estimate of drug-likeness (QED) is 0.712. The normalized spacial score (nSPS) is 21.6. The van der Waals surface area contributed by atoms with E-state index >= 15 is 0 Å². The second kappa shape index (κ2) is 7.43. The fourth-order valence-electron chi connectivity index (χ4n) is 4.46. The zero-order valence-electron chi connectivity index (χ0n) is 17.1. The van der Waals surface area contributed by atoms with E-state index in [4.69, 9.17) is 0 Å². The van der Waals surface area contributed by atoms with Crippen molar-refractivity contribution in [3.8, 4) is 0 Å². The summed E-state index contributed by atoms with van der Waals surface area (Å²) in [5, 5.41) is 0. The van der Waals surface area contributed by atoms with Gasteiger partial charge in [-0.3, -0.25) is 14.5 Å². The minimum absolute atomic E-state index is 0.0936. The molecule has 2 aliphatic heterocycles. The first-order chi connectivity index (χ1) is 13.8. The monoisotopic (exact) mass is 401 g/mol. The van der Waals surface area contributed by atoms with Gasteiger partial charge in [0, 0.05) is 31.7 Å². The third kappa shape index (κ3) is 3.63. The summed E-state index contributed by atoms with van der Waals surface area (Å²) in [6, 6.07) is 5.34. The smallest absolute Gasteiger partial charge is 0.327 e. The standard InChI is InChI=1S/C22H28FN3O3/c1-15(2)13-26-21(29)25(14-16-3-4-16)20(28)22(26)9-11-24(12-10-22)19(27)17-5-7-18(23)8-6-17/h5-8,15-16H,3-4,9-14H2,1-2H3. The molecule has 0 N–H and O–H groups in total. The van der Waals surface area contributed by atoms with Crippen LogP contribution in [0, 0.1) is 17.7 Å². The number of urea groups is 1. The van der Waals surface area contributed by atoms with Gasteiger partial charge in [0.05, 0.1) is 0 Å². The van der Waals surface area contributed by atoms with E-state index in [1.54, 1.807) is 9.80 Å². The Labute approximate surface area is 170 Å². The number of carbonyl (C=O) groups is 3. The minimum Gasteiger partial charge on any atom is -0.338 e. The minimum atomic E-state index is -0.837. The van der Waals surface area contributed by atoms with Gasteiger partial charge in [-0.2, -0.15) is 0 Å². The van der Waals surface area contributed by atoms with Gasteiger partial charge >= 0.3 is 6.03 Å². The molecule has 0 unspecified atom stereocenters. The number of carbonyl (C=O) groups excluding carboxylic acids is 3. The first-order valence-electron chi connectivity index (χ1n) is 10.5. The Morgan fingerprint density at radius 1 is 1.14 bits per heavy atom. The molecule has 1 aromatic carbocycles. The zero-order valence-corrected chi connectivity index (χ0v) is 17.1. The van der Waals surface area contributed by atoms with E-state index in [1.807, 2.05) is 13.8 Å². The number of rotatable bonds is 5. The fourth-order valence-corrected chi connectivity index (χ4v) is 4.46. The highest BCUT2D eigenvalue weighted by molar-refractivity contribution is 6.07. The van der Waals surface area contributed by atoms with Gasteiger partial charge in [0.15, 0.2) is 0 Å². The molecule has 156 valence electrons. The van der Waals surface area contributed by atoms with Crippen LogP contribution in [0.4, 0.5) is 9.18 Å². The number of piperidine rings is 1. The Balaban J connectivity index is 1.52. The van der Waals surface area contributed by atoms with Crippen molar-refractivity contribution < 1.29 is 18.8 Å². The SMILES string of the molecule is CC(C)CN1C(=O)N(CC2CC2)C(=O)C12CCN(C(=O)c1ccc(F)cc1)CC2. The Hall–Kier alpha value is -2.44. The van der Waals surface area contributed by atoms with Crippen LogP contribution in [0.3, 0.4) is 0 Å². The van der Waals surface area contributed by atoms with Crippen molar-refractivity contribution in [2.75, 3.05) is 26.2 Å². The average Bonchev–Trinajstić information content (AvgIpc) is 3.51. The molecule has 2 saturated heterocycles. The van der Waals surface area contributed by atoms with E-state index in [0.29, 0.717) is 50.5 Å². The van der Waals surface area contributed by atoms with Crippen LogP contribution in [0.1, 0.15) is 49.9 Å². The zero-order chi connectivity index (χ0) is 20.8. The second-order valence-electron chi connectivity index (χ2n) is 8.98. The Kier molecular flexibility index (Phi) is 5.09. The molecule has 0 atom stereocenters. The number of nitrogens with zero attached hydrogens (tertiary/aromatic N) is 3. The van der Waals surface area contributed by atoms with Gasteiger partial charge in [-0.1, -0.05) is 13.8 Å². The first-order valence-corrected chi connectivity index (χ1v) is 10.5. The van der Waals surface area contributed by atoms with Crippen LogP contribution in [-0.4, -0.2) is 64.3 Å². The largest absolute Gasteiger partial charge is 0.338 e. The summed E-state index contributed by atoms with van der Waals surface area (Å²) in [6.45, 7) is 5.95. The van der Waals surface area contributed by atoms with Crippen LogP contribution in [0.25, 0.3) is 0 Å². The molecule has 1 aromatic rings. The maximum absolute atomic E-state index is 13.4. The number of hydrogen-bond acceptors (Lipinski definition) is 3. The summed E-state index contributed by atoms with van der Waals surface area (Å²) < 4.78 is 13.1. The summed E-state index contributed by atoms with van der Waals surface area (Å²) in [5.74, 6) is 0.0579. The van der Waals surface area contributed by atoms with E-state index in [1.165, 1.54) is 29.2 Å². The highest BCUT2D eigenvalue weighted by atomic mass is 19.1. The Bertz CT molecular complexity index is 811. The Morgan fingerprint density at radius 3 is 2.31 bits per heavy atom. The predicted octanol–water partition coefficient (Wildman–Crippen LogP) is 3.13. The summed E-state index contributed by atoms with van der Waals surface area (Å²) in [5.41, 5.74) is -0.402. The van der Waals surface area contributed by atoms with E-state index in [0.717, 1.165) is 12.8 Å². The molecule has 1 aliphatic carbocycles. The molecule has 7 heteroatoms. The molecular weight excluding hydrogens is 373 g/mol. The van der Waals surface area contributed by atoms with Crippen LogP contribution in [0.5, 0.6) is 0 Å². The van der Waals surface area contributed by atoms with Crippen molar-refractivity contribution in [2.24, 2.45) is 11.8 Å². The molecule has 4 rings (SSSR count). The van der Waals surface area contributed by atoms with Gasteiger partial charge in [-0.15, -0.1) is 0 Å². The van der Waals surface area contributed by atoms with Crippen molar-refractivity contribution in [2.45, 2.75) is 45.1 Å². The number of likely N-dealkylation sites (tertiary alicyclic amines) is 1. The van der Waals surface area contributed by atoms with Gasteiger partial charge in [0.2, 0.25) is 0 Å². The van der Waals surface area contributed by atoms with Gasteiger partial charge in [0.25, 0.3) is 11.8 Å². The molecule has 1 spiro atoms. The lowest BCUT2D eigenvalue weighted by Crippen LogP contribution is -2.58. The second-order valence-corrected chi connectivity index (χ2v) is 8.98. The lowest BCUT2D eigenvalue weighted by molar-refractivity contribution is -0.135. The van der Waals surface area contributed by atoms with Crippen LogP contribution >= 0.6 is 0 Å². The summed E-state index contributed by atoms with van der Waals surface area (Å²) >= 11 is 0. The van der Waals surface area contributed by atoms with Crippen LogP contribution in [-0.2, 0) is 4.79 Å². The molecule has 0 radical (unpaired) electrons. The van der Waals surface area contributed by atoms with Crippen LogP contribution in [0.15, 0.2) is 24.3 Å². The van der Waals surface area contributed by atoms with Crippen molar-refractivity contribution in [3.63, 3.8) is 0 Å². The summed E-state index contributed by atoms with van der Waals surface area (Å²) in [7, 11) is 0. The summed E-state index contributed by atoms with van der Waals surface area (Å²) in [4.78, 5) is 44.1. The lowest BCUT2D eigenvalue weighted by Gasteiger charge is -2.42. The maximum Gasteiger partial charge on any atom is 0.327 e. The molecular formula is C22H28FN3O3. The number of imide groups is 1. The molecule has 2 heterocycles. The topological polar surface area (TPSA) is 60.9 Å². The van der Waals surface area contributed by atoms with E-state index in [9.17, 15) is 18.8 Å². The first kappa shape index (κ1) is 19.9. The predicted molar refractivity (Wildman–Crippen MR) is 106 cm³/mol. The molecule has 3 aliphatic rings. The third-order valence-corrected chi connectivity index (χ3v) is 6.28.